The van der Waals surface area contributed by atoms with Gasteiger partial charge >= 0.3 is 0 Å². The molecule has 0 unspecified atom stereocenters. The normalized spacial score (nSPS) is 11.9. The van der Waals surface area contributed by atoms with Crippen LogP contribution in [0.25, 0.3) is 11.3 Å². The number of nitrogens with two attached hydrogens (primary N) is 1. The zero-order valence-corrected chi connectivity index (χ0v) is 13.4. The predicted molar refractivity (Wildman–Crippen MR) is 83.1 cm³/mol. The van der Waals surface area contributed by atoms with Gasteiger partial charge in [-0.3, -0.25) is 0 Å². The van der Waals surface area contributed by atoms with E-state index in [1.54, 1.807) is 0 Å². The summed E-state index contributed by atoms with van der Waals surface area (Å²) in [4.78, 5) is 7.71. The molecule has 2 rings (SSSR count). The standard InChI is InChI=1S/C15H20BrN3/c1-9-5-6-10(15(2,3)4)7-11(9)13-14(16)19-12(8-17)18-13/h5-7H,8,17H2,1-4H3,(H,18,19). The molecule has 0 bridgehead atoms. The van der Waals surface area contributed by atoms with Gasteiger partial charge in [0.1, 0.15) is 16.1 Å². The second-order valence-corrected chi connectivity index (χ2v) is 6.62. The van der Waals surface area contributed by atoms with Crippen LogP contribution in [0, 0.1) is 6.92 Å². The molecule has 0 amide bonds. The summed E-state index contributed by atoms with van der Waals surface area (Å²) in [5, 5.41) is 0. The highest BCUT2D eigenvalue weighted by Gasteiger charge is 2.17. The largest absolute Gasteiger partial charge is 0.335 e. The van der Waals surface area contributed by atoms with Gasteiger partial charge in [-0.05, 0) is 45.5 Å². The van der Waals surface area contributed by atoms with Crippen LogP contribution in [0.5, 0.6) is 0 Å². The van der Waals surface area contributed by atoms with Crippen molar-refractivity contribution in [3.05, 3.63) is 39.8 Å². The van der Waals surface area contributed by atoms with Gasteiger partial charge in [-0.25, -0.2) is 4.98 Å². The highest BCUT2D eigenvalue weighted by Crippen LogP contribution is 2.32. The van der Waals surface area contributed by atoms with E-state index in [0.717, 1.165) is 21.7 Å². The molecule has 0 aliphatic heterocycles. The number of imidazole rings is 1. The number of hydrogen-bond donors (Lipinski definition) is 2. The summed E-state index contributed by atoms with van der Waals surface area (Å²) in [6, 6.07) is 6.55. The maximum Gasteiger partial charge on any atom is 0.121 e. The van der Waals surface area contributed by atoms with Crippen LogP contribution < -0.4 is 5.73 Å². The lowest BCUT2D eigenvalue weighted by atomic mass is 9.85. The number of benzene rings is 1. The second-order valence-electron chi connectivity index (χ2n) is 5.83. The summed E-state index contributed by atoms with van der Waals surface area (Å²) >= 11 is 3.53. The predicted octanol–water partition coefficient (Wildman–Crippen LogP) is 3.90. The average Bonchev–Trinajstić information content (AvgIpc) is 2.69. The first-order chi connectivity index (χ1) is 8.82. The molecule has 0 radical (unpaired) electrons. The third-order valence-corrected chi connectivity index (χ3v) is 3.83. The van der Waals surface area contributed by atoms with E-state index in [1.165, 1.54) is 11.1 Å². The molecule has 0 spiro atoms. The number of aryl methyl sites for hydroxylation is 1. The van der Waals surface area contributed by atoms with Crippen molar-refractivity contribution in [2.24, 2.45) is 5.73 Å². The van der Waals surface area contributed by atoms with E-state index in [2.05, 4.69) is 71.8 Å². The van der Waals surface area contributed by atoms with Gasteiger partial charge in [0.05, 0.1) is 6.54 Å². The third kappa shape index (κ3) is 2.90. The second kappa shape index (κ2) is 5.10. The van der Waals surface area contributed by atoms with E-state index in [4.69, 9.17) is 5.73 Å². The maximum absolute atomic E-state index is 5.63. The molecule has 1 heterocycles. The van der Waals surface area contributed by atoms with Gasteiger partial charge in [-0.2, -0.15) is 0 Å². The Bertz CT molecular complexity index is 594. The van der Waals surface area contributed by atoms with Crippen LogP contribution in [0.2, 0.25) is 0 Å². The minimum absolute atomic E-state index is 0.127. The van der Waals surface area contributed by atoms with Crippen molar-refractivity contribution < 1.29 is 0 Å². The number of halogens is 1. The van der Waals surface area contributed by atoms with Crippen LogP contribution in [0.3, 0.4) is 0 Å². The molecule has 0 fully saturated rings. The van der Waals surface area contributed by atoms with Gasteiger partial charge in [0.2, 0.25) is 0 Å². The zero-order valence-electron chi connectivity index (χ0n) is 11.8. The molecular weight excluding hydrogens is 302 g/mol. The Kier molecular flexibility index (Phi) is 3.83. The molecule has 0 aliphatic carbocycles. The van der Waals surface area contributed by atoms with E-state index in [1.807, 2.05) is 0 Å². The van der Waals surface area contributed by atoms with Crippen LogP contribution in [0.1, 0.15) is 37.7 Å². The highest BCUT2D eigenvalue weighted by atomic mass is 79.9. The van der Waals surface area contributed by atoms with Crippen LogP contribution in [-0.2, 0) is 12.0 Å². The monoisotopic (exact) mass is 321 g/mol. The fourth-order valence-electron chi connectivity index (χ4n) is 2.02. The molecule has 0 aliphatic rings. The van der Waals surface area contributed by atoms with E-state index >= 15 is 0 Å². The number of aromatic amines is 1. The Morgan fingerprint density at radius 1 is 1.32 bits per heavy atom. The number of hydrogen-bond acceptors (Lipinski definition) is 2. The van der Waals surface area contributed by atoms with Crippen molar-refractivity contribution >= 4 is 15.9 Å². The summed E-state index contributed by atoms with van der Waals surface area (Å²) in [6.07, 6.45) is 0. The first kappa shape index (κ1) is 14.3. The van der Waals surface area contributed by atoms with Gasteiger partial charge in [-0.15, -0.1) is 0 Å². The molecule has 3 N–H and O–H groups in total. The van der Waals surface area contributed by atoms with Crippen molar-refractivity contribution in [1.82, 2.24) is 9.97 Å². The van der Waals surface area contributed by atoms with E-state index in [0.29, 0.717) is 6.54 Å². The summed E-state index contributed by atoms with van der Waals surface area (Å²) in [5.41, 5.74) is 10.4. The number of nitrogens with zero attached hydrogens (tertiary/aromatic N) is 1. The van der Waals surface area contributed by atoms with Crippen molar-refractivity contribution in [1.29, 1.82) is 0 Å². The van der Waals surface area contributed by atoms with Crippen LogP contribution in [-0.4, -0.2) is 9.97 Å². The SMILES string of the molecule is Cc1ccc(C(C)(C)C)cc1-c1nc(CN)[nH]c1Br. The maximum atomic E-state index is 5.63. The lowest BCUT2D eigenvalue weighted by molar-refractivity contribution is 0.590. The van der Waals surface area contributed by atoms with Gasteiger partial charge in [0.15, 0.2) is 0 Å². The Balaban J connectivity index is 2.57. The molecule has 2 aromatic rings. The Hall–Kier alpha value is -1.13. The number of nitrogens with one attached hydrogen (secondary N) is 1. The Morgan fingerprint density at radius 3 is 2.53 bits per heavy atom. The minimum Gasteiger partial charge on any atom is -0.335 e. The highest BCUT2D eigenvalue weighted by molar-refractivity contribution is 9.10. The first-order valence-corrected chi connectivity index (χ1v) is 7.18. The average molecular weight is 322 g/mol. The van der Waals surface area contributed by atoms with Crippen LogP contribution >= 0.6 is 15.9 Å². The van der Waals surface area contributed by atoms with Crippen molar-refractivity contribution in [2.45, 2.75) is 39.7 Å². The molecule has 19 heavy (non-hydrogen) atoms. The molecule has 4 heteroatoms. The molecule has 1 aromatic heterocycles. The van der Waals surface area contributed by atoms with Crippen LogP contribution in [0.4, 0.5) is 0 Å². The topological polar surface area (TPSA) is 54.7 Å². The summed E-state index contributed by atoms with van der Waals surface area (Å²) in [6.45, 7) is 9.16. The van der Waals surface area contributed by atoms with E-state index < -0.39 is 0 Å². The molecule has 3 nitrogen and oxygen atoms in total. The smallest absolute Gasteiger partial charge is 0.121 e. The zero-order chi connectivity index (χ0) is 14.2. The molecule has 0 atom stereocenters. The molecule has 0 saturated heterocycles. The fraction of sp³-hybridized carbons (Fsp3) is 0.400. The van der Waals surface area contributed by atoms with Gasteiger partial charge in [0.25, 0.3) is 0 Å². The summed E-state index contributed by atoms with van der Waals surface area (Å²) in [7, 11) is 0. The van der Waals surface area contributed by atoms with Crippen molar-refractivity contribution in [2.75, 3.05) is 0 Å². The lowest BCUT2D eigenvalue weighted by Gasteiger charge is -2.20. The Morgan fingerprint density at radius 2 is 2.00 bits per heavy atom. The van der Waals surface area contributed by atoms with Gasteiger partial charge in [-0.1, -0.05) is 32.9 Å². The van der Waals surface area contributed by atoms with E-state index in [9.17, 15) is 0 Å². The minimum atomic E-state index is 0.127. The molecule has 102 valence electrons. The number of aromatic nitrogens is 2. The quantitative estimate of drug-likeness (QED) is 0.881. The molecule has 0 saturated carbocycles. The van der Waals surface area contributed by atoms with Crippen molar-refractivity contribution in [3.63, 3.8) is 0 Å². The first-order valence-electron chi connectivity index (χ1n) is 6.39. The van der Waals surface area contributed by atoms with Crippen LogP contribution in [0.15, 0.2) is 22.8 Å². The fourth-order valence-corrected chi connectivity index (χ4v) is 2.55. The lowest BCUT2D eigenvalue weighted by Crippen LogP contribution is -2.11. The molecule has 1 aromatic carbocycles. The van der Waals surface area contributed by atoms with E-state index in [-0.39, 0.29) is 5.41 Å². The number of rotatable bonds is 2. The Labute approximate surface area is 122 Å². The number of H-pyrrole nitrogens is 1. The summed E-state index contributed by atoms with van der Waals surface area (Å²) < 4.78 is 0.891. The van der Waals surface area contributed by atoms with Gasteiger partial charge < -0.3 is 10.7 Å². The van der Waals surface area contributed by atoms with Gasteiger partial charge in [0, 0.05) is 5.56 Å². The third-order valence-electron chi connectivity index (χ3n) is 3.26. The molecular formula is C15H20BrN3. The summed E-state index contributed by atoms with van der Waals surface area (Å²) in [5.74, 6) is 0.794. The van der Waals surface area contributed by atoms with Crippen molar-refractivity contribution in [3.8, 4) is 11.3 Å².